The van der Waals surface area contributed by atoms with Crippen LogP contribution in [0.4, 0.5) is 5.82 Å². The Bertz CT molecular complexity index is 986. The van der Waals surface area contributed by atoms with E-state index in [0.29, 0.717) is 23.7 Å². The lowest BCUT2D eigenvalue weighted by atomic mass is 10.2. The molecule has 4 heterocycles. The van der Waals surface area contributed by atoms with Gasteiger partial charge in [0, 0.05) is 19.3 Å². The Kier molecular flexibility index (Phi) is 3.45. The minimum absolute atomic E-state index is 0.0775. The molecule has 0 bridgehead atoms. The fourth-order valence-electron chi connectivity index (χ4n) is 3.01. The van der Waals surface area contributed by atoms with Crippen LogP contribution in [0.1, 0.15) is 6.42 Å². The quantitative estimate of drug-likeness (QED) is 0.695. The van der Waals surface area contributed by atoms with E-state index in [-0.39, 0.29) is 17.5 Å². The van der Waals surface area contributed by atoms with Crippen molar-refractivity contribution in [2.24, 2.45) is 0 Å². The lowest BCUT2D eigenvalue weighted by Gasteiger charge is -2.24. The highest BCUT2D eigenvalue weighted by Gasteiger charge is 2.32. The second-order valence-corrected chi connectivity index (χ2v) is 8.08. The molecule has 124 valence electrons. The molecule has 1 fully saturated rings. The van der Waals surface area contributed by atoms with Crippen molar-refractivity contribution in [3.05, 3.63) is 36.9 Å². The van der Waals surface area contributed by atoms with Crippen LogP contribution in [0.25, 0.3) is 16.9 Å². The second-order valence-electron chi connectivity index (χ2n) is 5.85. The third-order valence-electron chi connectivity index (χ3n) is 4.30. The Balaban J connectivity index is 1.77. The molecule has 1 aliphatic heterocycles. The second kappa shape index (κ2) is 5.52. The normalized spacial score (nSPS) is 19.6. The highest BCUT2D eigenvalue weighted by molar-refractivity contribution is 7.91. The number of fused-ring (bicyclic) bond motifs is 1. The Morgan fingerprint density at radius 3 is 2.83 bits per heavy atom. The minimum Gasteiger partial charge on any atom is -0.355 e. The average Bonchev–Trinajstić information content (AvgIpc) is 3.18. The standard InChI is InChI=1S/C15H16N6O2S/c1-20(11-5-7-24(22,23)9-11)14-12-8-19-21(15(12)18-10-17-14)13-4-2-3-6-16-13/h2-4,6,8,10-11H,5,7,9H2,1H3/t11-/m1/s1. The summed E-state index contributed by atoms with van der Waals surface area (Å²) < 4.78 is 25.1. The van der Waals surface area contributed by atoms with Crippen molar-refractivity contribution < 1.29 is 8.42 Å². The largest absolute Gasteiger partial charge is 0.355 e. The van der Waals surface area contributed by atoms with Gasteiger partial charge in [0.05, 0.1) is 23.1 Å². The van der Waals surface area contributed by atoms with E-state index in [1.54, 1.807) is 17.1 Å². The van der Waals surface area contributed by atoms with E-state index in [0.717, 1.165) is 5.39 Å². The topological polar surface area (TPSA) is 93.9 Å². The number of aromatic nitrogens is 5. The fraction of sp³-hybridized carbons (Fsp3) is 0.333. The number of anilines is 1. The van der Waals surface area contributed by atoms with Gasteiger partial charge in [0.25, 0.3) is 0 Å². The van der Waals surface area contributed by atoms with E-state index in [2.05, 4.69) is 20.1 Å². The zero-order valence-corrected chi connectivity index (χ0v) is 13.9. The van der Waals surface area contributed by atoms with Crippen molar-refractivity contribution in [2.45, 2.75) is 12.5 Å². The molecule has 0 spiro atoms. The predicted molar refractivity (Wildman–Crippen MR) is 89.9 cm³/mol. The Labute approximate surface area is 139 Å². The molecule has 0 aliphatic carbocycles. The number of rotatable bonds is 3. The molecule has 0 aromatic carbocycles. The maximum Gasteiger partial charge on any atom is 0.170 e. The maximum atomic E-state index is 11.7. The van der Waals surface area contributed by atoms with Crippen molar-refractivity contribution in [3.63, 3.8) is 0 Å². The van der Waals surface area contributed by atoms with E-state index in [1.165, 1.54) is 6.33 Å². The van der Waals surface area contributed by atoms with Gasteiger partial charge in [-0.15, -0.1) is 0 Å². The summed E-state index contributed by atoms with van der Waals surface area (Å²) in [5.74, 6) is 1.74. The van der Waals surface area contributed by atoms with Crippen LogP contribution in [0.5, 0.6) is 0 Å². The van der Waals surface area contributed by atoms with Gasteiger partial charge in [-0.2, -0.15) is 9.78 Å². The smallest absolute Gasteiger partial charge is 0.170 e. The number of hydrogen-bond donors (Lipinski definition) is 0. The number of hydrogen-bond acceptors (Lipinski definition) is 7. The highest BCUT2D eigenvalue weighted by atomic mass is 32.2. The molecule has 8 nitrogen and oxygen atoms in total. The van der Waals surface area contributed by atoms with Crippen LogP contribution in [0.15, 0.2) is 36.9 Å². The molecule has 1 saturated heterocycles. The molecule has 4 rings (SSSR count). The van der Waals surface area contributed by atoms with Gasteiger partial charge in [0.1, 0.15) is 12.1 Å². The van der Waals surface area contributed by atoms with Gasteiger partial charge < -0.3 is 4.90 Å². The molecule has 1 aliphatic rings. The van der Waals surface area contributed by atoms with Crippen LogP contribution in [-0.4, -0.2) is 57.7 Å². The third kappa shape index (κ3) is 2.50. The minimum atomic E-state index is -2.96. The third-order valence-corrected chi connectivity index (χ3v) is 6.05. The number of pyridine rings is 1. The lowest BCUT2D eigenvalue weighted by molar-refractivity contribution is 0.600. The van der Waals surface area contributed by atoms with E-state index < -0.39 is 9.84 Å². The van der Waals surface area contributed by atoms with Gasteiger partial charge in [0.15, 0.2) is 21.3 Å². The SMILES string of the molecule is CN(c1ncnc2c1cnn2-c1ccccn1)[C@@H]1CCS(=O)(=O)C1. The Hall–Kier alpha value is -2.55. The first-order chi connectivity index (χ1) is 11.6. The molecule has 0 radical (unpaired) electrons. The van der Waals surface area contributed by atoms with Gasteiger partial charge in [-0.3, -0.25) is 0 Å². The molecule has 0 unspecified atom stereocenters. The summed E-state index contributed by atoms with van der Waals surface area (Å²) in [5.41, 5.74) is 0.645. The number of sulfone groups is 1. The first-order valence-electron chi connectivity index (χ1n) is 7.58. The summed E-state index contributed by atoms with van der Waals surface area (Å²) in [6.07, 6.45) is 5.47. The Morgan fingerprint density at radius 2 is 2.12 bits per heavy atom. The van der Waals surface area contributed by atoms with Crippen LogP contribution in [0.3, 0.4) is 0 Å². The Morgan fingerprint density at radius 1 is 1.25 bits per heavy atom. The molecule has 3 aromatic heterocycles. The summed E-state index contributed by atoms with van der Waals surface area (Å²) in [4.78, 5) is 14.9. The van der Waals surface area contributed by atoms with Gasteiger partial charge >= 0.3 is 0 Å². The van der Waals surface area contributed by atoms with Crippen LogP contribution in [-0.2, 0) is 9.84 Å². The average molecular weight is 344 g/mol. The van der Waals surface area contributed by atoms with Crippen LogP contribution < -0.4 is 4.90 Å². The molecule has 0 saturated carbocycles. The van der Waals surface area contributed by atoms with Crippen molar-refractivity contribution in [3.8, 4) is 5.82 Å². The first-order valence-corrected chi connectivity index (χ1v) is 9.41. The summed E-state index contributed by atoms with van der Waals surface area (Å²) in [6, 6.07) is 5.49. The highest BCUT2D eigenvalue weighted by Crippen LogP contribution is 2.27. The zero-order chi connectivity index (χ0) is 16.7. The molecule has 24 heavy (non-hydrogen) atoms. The molecule has 9 heteroatoms. The zero-order valence-electron chi connectivity index (χ0n) is 13.1. The van der Waals surface area contributed by atoms with E-state index in [1.807, 2.05) is 30.1 Å². The van der Waals surface area contributed by atoms with Gasteiger partial charge in [-0.05, 0) is 18.6 Å². The first kappa shape index (κ1) is 15.0. The lowest BCUT2D eigenvalue weighted by Crippen LogP contribution is -2.33. The van der Waals surface area contributed by atoms with Crippen molar-refractivity contribution >= 4 is 26.7 Å². The molecule has 0 amide bonds. The van der Waals surface area contributed by atoms with Crippen molar-refractivity contribution in [1.82, 2.24) is 24.7 Å². The van der Waals surface area contributed by atoms with E-state index in [4.69, 9.17) is 0 Å². The number of nitrogens with zero attached hydrogens (tertiary/aromatic N) is 6. The van der Waals surface area contributed by atoms with Crippen LogP contribution >= 0.6 is 0 Å². The fourth-order valence-corrected chi connectivity index (χ4v) is 4.79. The summed E-state index contributed by atoms with van der Waals surface area (Å²) in [7, 11) is -1.09. The molecule has 1 atom stereocenters. The van der Waals surface area contributed by atoms with Gasteiger partial charge in [-0.25, -0.2) is 23.4 Å². The van der Waals surface area contributed by atoms with Crippen molar-refractivity contribution in [1.29, 1.82) is 0 Å². The monoisotopic (exact) mass is 344 g/mol. The summed E-state index contributed by atoms with van der Waals surface area (Å²) in [5, 5.41) is 5.14. The predicted octanol–water partition coefficient (Wildman–Crippen LogP) is 0.834. The summed E-state index contributed by atoms with van der Waals surface area (Å²) >= 11 is 0. The van der Waals surface area contributed by atoms with Crippen LogP contribution in [0, 0.1) is 0 Å². The summed E-state index contributed by atoms with van der Waals surface area (Å²) in [6.45, 7) is 0. The molecule has 3 aromatic rings. The van der Waals surface area contributed by atoms with E-state index >= 15 is 0 Å². The van der Waals surface area contributed by atoms with Crippen LogP contribution in [0.2, 0.25) is 0 Å². The molecule has 0 N–H and O–H groups in total. The van der Waals surface area contributed by atoms with Crippen molar-refractivity contribution in [2.75, 3.05) is 23.5 Å². The van der Waals surface area contributed by atoms with Gasteiger partial charge in [0.2, 0.25) is 0 Å². The van der Waals surface area contributed by atoms with Gasteiger partial charge in [-0.1, -0.05) is 6.07 Å². The molecular weight excluding hydrogens is 328 g/mol. The molecular formula is C15H16N6O2S. The van der Waals surface area contributed by atoms with E-state index in [9.17, 15) is 8.42 Å². The maximum absolute atomic E-state index is 11.7.